The molecule has 0 amide bonds. The molecule has 0 saturated heterocycles. The Bertz CT molecular complexity index is 1130. The summed E-state index contributed by atoms with van der Waals surface area (Å²) in [4.78, 5) is 0. The third kappa shape index (κ3) is 3.17. The lowest BCUT2D eigenvalue weighted by atomic mass is 10.1. The quantitative estimate of drug-likeness (QED) is 0.349. The van der Waals surface area contributed by atoms with Crippen LogP contribution in [0.25, 0.3) is 22.2 Å². The SMILES string of the molecule is Cc1ccc(N=Nc2c(-c3ccc(C)cc3)n(C)c3c(C)cccc23)cc1. The maximum absolute atomic E-state index is 4.70. The Balaban J connectivity index is 1.94. The number of rotatable bonds is 3. The predicted octanol–water partition coefficient (Wildman–Crippen LogP) is 7.19. The van der Waals surface area contributed by atoms with Crippen molar-refractivity contribution in [2.45, 2.75) is 20.8 Å². The molecule has 0 unspecified atom stereocenters. The smallest absolute Gasteiger partial charge is 0.119 e. The number of aromatic nitrogens is 1. The minimum Gasteiger partial charge on any atom is -0.342 e. The Morgan fingerprint density at radius 2 is 1.33 bits per heavy atom. The third-order valence-electron chi connectivity index (χ3n) is 5.01. The monoisotopic (exact) mass is 353 g/mol. The highest BCUT2D eigenvalue weighted by Crippen LogP contribution is 2.41. The van der Waals surface area contributed by atoms with E-state index in [1.807, 2.05) is 12.1 Å². The summed E-state index contributed by atoms with van der Waals surface area (Å²) in [6.07, 6.45) is 0. The molecule has 1 aromatic heterocycles. The van der Waals surface area contributed by atoms with E-state index < -0.39 is 0 Å². The van der Waals surface area contributed by atoms with Crippen LogP contribution < -0.4 is 0 Å². The lowest BCUT2D eigenvalue weighted by molar-refractivity contribution is 0.971. The van der Waals surface area contributed by atoms with Gasteiger partial charge in [-0.05, 0) is 38.5 Å². The first kappa shape index (κ1) is 17.2. The topological polar surface area (TPSA) is 29.6 Å². The van der Waals surface area contributed by atoms with Gasteiger partial charge in [-0.2, -0.15) is 5.11 Å². The zero-order chi connectivity index (χ0) is 19.0. The van der Waals surface area contributed by atoms with Crippen molar-refractivity contribution in [3.05, 3.63) is 83.4 Å². The molecule has 4 aromatic rings. The molecule has 0 saturated carbocycles. The van der Waals surface area contributed by atoms with Crippen LogP contribution in [0.5, 0.6) is 0 Å². The molecule has 0 fully saturated rings. The number of nitrogens with zero attached hydrogens (tertiary/aromatic N) is 3. The lowest BCUT2D eigenvalue weighted by Crippen LogP contribution is -1.93. The van der Waals surface area contributed by atoms with E-state index in [0.29, 0.717) is 0 Å². The third-order valence-corrected chi connectivity index (χ3v) is 5.01. The molecule has 0 spiro atoms. The second kappa shape index (κ2) is 6.84. The molecule has 0 atom stereocenters. The number of azo groups is 1. The summed E-state index contributed by atoms with van der Waals surface area (Å²) in [6.45, 7) is 6.32. The van der Waals surface area contributed by atoms with Gasteiger partial charge < -0.3 is 4.57 Å². The fraction of sp³-hybridized carbons (Fsp3) is 0.167. The minimum atomic E-state index is 0.861. The molecule has 3 nitrogen and oxygen atoms in total. The standard InChI is InChI=1S/C24H23N3/c1-16-8-12-19(13-9-16)24-22(26-25-20-14-10-17(2)11-15-20)21-7-5-6-18(3)23(21)27(24)4/h5-15H,1-4H3. The number of hydrogen-bond acceptors (Lipinski definition) is 2. The van der Waals surface area contributed by atoms with Crippen LogP contribution in [0, 0.1) is 20.8 Å². The van der Waals surface area contributed by atoms with Crippen LogP contribution in [0.1, 0.15) is 16.7 Å². The first-order chi connectivity index (χ1) is 13.0. The van der Waals surface area contributed by atoms with Gasteiger partial charge >= 0.3 is 0 Å². The van der Waals surface area contributed by atoms with Gasteiger partial charge in [-0.3, -0.25) is 0 Å². The Kier molecular flexibility index (Phi) is 4.36. The zero-order valence-corrected chi connectivity index (χ0v) is 16.2. The molecule has 0 aliphatic heterocycles. The highest BCUT2D eigenvalue weighted by atomic mass is 15.1. The molecule has 0 N–H and O–H groups in total. The van der Waals surface area contributed by atoms with Crippen molar-refractivity contribution in [1.82, 2.24) is 4.57 Å². The second-order valence-corrected chi connectivity index (χ2v) is 7.13. The first-order valence-electron chi connectivity index (χ1n) is 9.18. The summed E-state index contributed by atoms with van der Waals surface area (Å²) in [5.41, 5.74) is 8.92. The Labute approximate surface area is 160 Å². The van der Waals surface area contributed by atoms with E-state index >= 15 is 0 Å². The van der Waals surface area contributed by atoms with E-state index in [-0.39, 0.29) is 0 Å². The van der Waals surface area contributed by atoms with E-state index in [1.165, 1.54) is 22.2 Å². The molecule has 27 heavy (non-hydrogen) atoms. The molecule has 0 bridgehead atoms. The minimum absolute atomic E-state index is 0.861. The fourth-order valence-electron chi connectivity index (χ4n) is 3.56. The number of para-hydroxylation sites is 1. The predicted molar refractivity (Wildman–Crippen MR) is 113 cm³/mol. The number of benzene rings is 3. The van der Waals surface area contributed by atoms with E-state index in [4.69, 9.17) is 5.11 Å². The van der Waals surface area contributed by atoms with Crippen LogP contribution >= 0.6 is 0 Å². The summed E-state index contributed by atoms with van der Waals surface area (Å²) >= 11 is 0. The molecule has 0 aliphatic carbocycles. The average molecular weight is 353 g/mol. The zero-order valence-electron chi connectivity index (χ0n) is 16.2. The summed E-state index contributed by atoms with van der Waals surface area (Å²) in [6, 6.07) is 23.1. The van der Waals surface area contributed by atoms with Gasteiger partial charge in [-0.25, -0.2) is 0 Å². The summed E-state index contributed by atoms with van der Waals surface area (Å²) in [5, 5.41) is 10.4. The van der Waals surface area contributed by atoms with Gasteiger partial charge in [0, 0.05) is 18.0 Å². The summed E-state index contributed by atoms with van der Waals surface area (Å²) in [7, 11) is 2.11. The van der Waals surface area contributed by atoms with Crippen LogP contribution in [-0.2, 0) is 7.05 Å². The number of aryl methyl sites for hydroxylation is 4. The van der Waals surface area contributed by atoms with Crippen molar-refractivity contribution in [2.24, 2.45) is 17.3 Å². The Hall–Kier alpha value is -3.20. The van der Waals surface area contributed by atoms with Gasteiger partial charge in [-0.1, -0.05) is 65.7 Å². The fourth-order valence-corrected chi connectivity index (χ4v) is 3.56. The molecule has 0 aliphatic rings. The number of hydrogen-bond donors (Lipinski definition) is 0. The highest BCUT2D eigenvalue weighted by Gasteiger charge is 2.18. The van der Waals surface area contributed by atoms with Crippen molar-refractivity contribution in [1.29, 1.82) is 0 Å². The first-order valence-corrected chi connectivity index (χ1v) is 9.18. The van der Waals surface area contributed by atoms with Crippen molar-refractivity contribution >= 4 is 22.3 Å². The molecule has 1 heterocycles. The van der Waals surface area contributed by atoms with Crippen molar-refractivity contribution in [3.63, 3.8) is 0 Å². The normalized spacial score (nSPS) is 11.6. The Morgan fingerprint density at radius 3 is 2.00 bits per heavy atom. The molecular formula is C24H23N3. The van der Waals surface area contributed by atoms with Gasteiger partial charge in [0.1, 0.15) is 5.69 Å². The van der Waals surface area contributed by atoms with E-state index in [1.54, 1.807) is 0 Å². The summed E-state index contributed by atoms with van der Waals surface area (Å²) in [5.74, 6) is 0. The average Bonchev–Trinajstić information content (AvgIpc) is 2.95. The van der Waals surface area contributed by atoms with Crippen molar-refractivity contribution in [2.75, 3.05) is 0 Å². The molecule has 0 radical (unpaired) electrons. The Morgan fingerprint density at radius 1 is 0.704 bits per heavy atom. The molecule has 134 valence electrons. The van der Waals surface area contributed by atoms with Crippen LogP contribution in [0.15, 0.2) is 77.0 Å². The molecule has 4 rings (SSSR count). The maximum Gasteiger partial charge on any atom is 0.119 e. The van der Waals surface area contributed by atoms with E-state index in [2.05, 4.69) is 92.1 Å². The van der Waals surface area contributed by atoms with Crippen molar-refractivity contribution in [3.8, 4) is 11.3 Å². The van der Waals surface area contributed by atoms with Crippen LogP contribution in [0.2, 0.25) is 0 Å². The van der Waals surface area contributed by atoms with Gasteiger partial charge in [0.15, 0.2) is 0 Å². The van der Waals surface area contributed by atoms with Crippen LogP contribution in [-0.4, -0.2) is 4.57 Å². The largest absolute Gasteiger partial charge is 0.342 e. The highest BCUT2D eigenvalue weighted by molar-refractivity contribution is 6.01. The van der Waals surface area contributed by atoms with Crippen molar-refractivity contribution < 1.29 is 0 Å². The van der Waals surface area contributed by atoms with Gasteiger partial charge in [-0.15, -0.1) is 5.11 Å². The van der Waals surface area contributed by atoms with Gasteiger partial charge in [0.25, 0.3) is 0 Å². The molecule has 3 heteroatoms. The van der Waals surface area contributed by atoms with E-state index in [9.17, 15) is 0 Å². The molecule has 3 aromatic carbocycles. The second-order valence-electron chi connectivity index (χ2n) is 7.13. The van der Waals surface area contributed by atoms with E-state index in [0.717, 1.165) is 28.0 Å². The molecular weight excluding hydrogens is 330 g/mol. The number of fused-ring (bicyclic) bond motifs is 1. The van der Waals surface area contributed by atoms with Gasteiger partial charge in [0.2, 0.25) is 0 Å². The summed E-state index contributed by atoms with van der Waals surface area (Å²) < 4.78 is 2.23. The lowest BCUT2D eigenvalue weighted by Gasteiger charge is -2.07. The maximum atomic E-state index is 4.70. The van der Waals surface area contributed by atoms with Gasteiger partial charge in [0.05, 0.1) is 16.9 Å². The van der Waals surface area contributed by atoms with Crippen LogP contribution in [0.4, 0.5) is 11.4 Å². The van der Waals surface area contributed by atoms with Crippen LogP contribution in [0.3, 0.4) is 0 Å².